The highest BCUT2D eigenvalue weighted by Gasteiger charge is 2.10. The number of rotatable bonds is 6. The third-order valence-corrected chi connectivity index (χ3v) is 3.92. The number of nitrogens with zero attached hydrogens (tertiary/aromatic N) is 2. The van der Waals surface area contributed by atoms with Crippen LogP contribution in [-0.4, -0.2) is 23.2 Å². The van der Waals surface area contributed by atoms with E-state index in [4.69, 9.17) is 14.0 Å². The van der Waals surface area contributed by atoms with Crippen LogP contribution in [0.15, 0.2) is 52.4 Å². The Bertz CT molecular complexity index is 840. The first-order chi connectivity index (χ1) is 11.7. The summed E-state index contributed by atoms with van der Waals surface area (Å²) in [5, 5.41) is 5.78. The SMILES string of the molecule is COc1cccc(/C=C/C(=O)OCc2nc(-c3cccs3)no2)c1. The summed E-state index contributed by atoms with van der Waals surface area (Å²) in [6.45, 7) is -0.0698. The van der Waals surface area contributed by atoms with Gasteiger partial charge in [-0.15, -0.1) is 11.3 Å². The van der Waals surface area contributed by atoms with Gasteiger partial charge >= 0.3 is 5.97 Å². The molecule has 0 aliphatic carbocycles. The molecule has 0 bridgehead atoms. The highest BCUT2D eigenvalue weighted by atomic mass is 32.1. The van der Waals surface area contributed by atoms with Gasteiger partial charge in [-0.1, -0.05) is 23.4 Å². The second-order valence-corrected chi connectivity index (χ2v) is 5.65. The lowest BCUT2D eigenvalue weighted by atomic mass is 10.2. The highest BCUT2D eigenvalue weighted by Crippen LogP contribution is 2.21. The molecule has 0 spiro atoms. The van der Waals surface area contributed by atoms with E-state index in [0.717, 1.165) is 16.2 Å². The zero-order chi connectivity index (χ0) is 16.8. The monoisotopic (exact) mass is 342 g/mol. The van der Waals surface area contributed by atoms with Crippen LogP contribution in [0.3, 0.4) is 0 Å². The number of carbonyl (C=O) groups excluding carboxylic acids is 1. The number of hydrogen-bond donors (Lipinski definition) is 0. The van der Waals surface area contributed by atoms with Crippen LogP contribution in [0.25, 0.3) is 16.8 Å². The number of methoxy groups -OCH3 is 1. The molecule has 2 heterocycles. The highest BCUT2D eigenvalue weighted by molar-refractivity contribution is 7.13. The van der Waals surface area contributed by atoms with E-state index in [-0.39, 0.29) is 12.5 Å². The van der Waals surface area contributed by atoms with Crippen molar-refractivity contribution < 1.29 is 18.8 Å². The summed E-state index contributed by atoms with van der Waals surface area (Å²) in [4.78, 5) is 16.8. The Kier molecular flexibility index (Phi) is 5.02. The first kappa shape index (κ1) is 15.9. The molecule has 0 N–H and O–H groups in total. The lowest BCUT2D eigenvalue weighted by molar-refractivity contribution is -0.139. The maximum Gasteiger partial charge on any atom is 0.331 e. The zero-order valence-electron chi connectivity index (χ0n) is 12.8. The van der Waals surface area contributed by atoms with E-state index in [2.05, 4.69) is 10.1 Å². The lowest BCUT2D eigenvalue weighted by Gasteiger charge is -2.00. The molecule has 6 nitrogen and oxygen atoms in total. The van der Waals surface area contributed by atoms with Crippen molar-refractivity contribution in [3.05, 3.63) is 59.3 Å². The first-order valence-electron chi connectivity index (χ1n) is 7.10. The quantitative estimate of drug-likeness (QED) is 0.504. The van der Waals surface area contributed by atoms with Gasteiger partial charge in [0.05, 0.1) is 12.0 Å². The van der Waals surface area contributed by atoms with Gasteiger partial charge in [0.2, 0.25) is 5.82 Å². The molecular formula is C17H14N2O4S. The van der Waals surface area contributed by atoms with E-state index in [1.54, 1.807) is 13.2 Å². The smallest absolute Gasteiger partial charge is 0.331 e. The van der Waals surface area contributed by atoms with Crippen LogP contribution in [-0.2, 0) is 16.1 Å². The van der Waals surface area contributed by atoms with Gasteiger partial charge in [0, 0.05) is 6.08 Å². The van der Waals surface area contributed by atoms with Crippen LogP contribution in [0, 0.1) is 0 Å². The largest absolute Gasteiger partial charge is 0.497 e. The summed E-state index contributed by atoms with van der Waals surface area (Å²) in [5.41, 5.74) is 0.837. The Morgan fingerprint density at radius 1 is 1.33 bits per heavy atom. The van der Waals surface area contributed by atoms with Gasteiger partial charge in [0.1, 0.15) is 5.75 Å². The van der Waals surface area contributed by atoms with Crippen molar-refractivity contribution in [1.29, 1.82) is 0 Å². The van der Waals surface area contributed by atoms with Gasteiger partial charge in [-0.25, -0.2) is 4.79 Å². The molecule has 7 heteroatoms. The van der Waals surface area contributed by atoms with E-state index < -0.39 is 5.97 Å². The molecule has 24 heavy (non-hydrogen) atoms. The topological polar surface area (TPSA) is 74.5 Å². The number of benzene rings is 1. The fourth-order valence-electron chi connectivity index (χ4n) is 1.91. The molecular weight excluding hydrogens is 328 g/mol. The molecule has 0 saturated carbocycles. The number of thiophene rings is 1. The summed E-state index contributed by atoms with van der Waals surface area (Å²) in [6.07, 6.45) is 2.99. The van der Waals surface area contributed by atoms with Gasteiger partial charge in [-0.3, -0.25) is 0 Å². The number of ether oxygens (including phenoxy) is 2. The van der Waals surface area contributed by atoms with Crippen LogP contribution in [0.1, 0.15) is 11.5 Å². The molecule has 122 valence electrons. The van der Waals surface area contributed by atoms with Crippen LogP contribution in [0.5, 0.6) is 5.75 Å². The van der Waals surface area contributed by atoms with Gasteiger partial charge < -0.3 is 14.0 Å². The molecule has 0 fully saturated rings. The number of hydrogen-bond acceptors (Lipinski definition) is 7. The summed E-state index contributed by atoms with van der Waals surface area (Å²) in [6, 6.07) is 11.1. The van der Waals surface area contributed by atoms with Gasteiger partial charge in [0.15, 0.2) is 6.61 Å². The van der Waals surface area contributed by atoms with Crippen LogP contribution in [0.4, 0.5) is 0 Å². The van der Waals surface area contributed by atoms with E-state index >= 15 is 0 Å². The molecule has 0 unspecified atom stereocenters. The van der Waals surface area contributed by atoms with Gasteiger partial charge in [0.25, 0.3) is 5.89 Å². The summed E-state index contributed by atoms with van der Waals surface area (Å²) >= 11 is 1.51. The minimum Gasteiger partial charge on any atom is -0.497 e. The van der Waals surface area contributed by atoms with Crippen molar-refractivity contribution in [2.24, 2.45) is 0 Å². The summed E-state index contributed by atoms with van der Waals surface area (Å²) < 4.78 is 15.3. The molecule has 0 radical (unpaired) electrons. The Balaban J connectivity index is 1.54. The van der Waals surface area contributed by atoms with Crippen LogP contribution < -0.4 is 4.74 Å². The van der Waals surface area contributed by atoms with E-state index in [0.29, 0.717) is 5.82 Å². The van der Waals surface area contributed by atoms with Crippen molar-refractivity contribution in [1.82, 2.24) is 10.1 Å². The summed E-state index contributed by atoms with van der Waals surface area (Å²) in [7, 11) is 1.59. The number of aromatic nitrogens is 2. The lowest BCUT2D eigenvalue weighted by Crippen LogP contribution is -2.00. The average molecular weight is 342 g/mol. The van der Waals surface area contributed by atoms with E-state index in [9.17, 15) is 4.79 Å². The van der Waals surface area contributed by atoms with Gasteiger partial charge in [-0.2, -0.15) is 4.98 Å². The second-order valence-electron chi connectivity index (χ2n) is 4.71. The minimum atomic E-state index is -0.492. The maximum absolute atomic E-state index is 11.8. The minimum absolute atomic E-state index is 0.0698. The summed E-state index contributed by atoms with van der Waals surface area (Å²) in [5.74, 6) is 0.968. The van der Waals surface area contributed by atoms with Crippen LogP contribution in [0.2, 0.25) is 0 Å². The molecule has 1 aromatic carbocycles. The molecule has 0 aliphatic rings. The van der Waals surface area contributed by atoms with E-state index in [1.165, 1.54) is 17.4 Å². The Morgan fingerprint density at radius 3 is 3.04 bits per heavy atom. The van der Waals surface area contributed by atoms with E-state index in [1.807, 2.05) is 41.8 Å². The fraction of sp³-hybridized carbons (Fsp3) is 0.118. The third-order valence-electron chi connectivity index (χ3n) is 3.05. The predicted octanol–water partition coefficient (Wildman–Crippen LogP) is 3.56. The Morgan fingerprint density at radius 2 is 2.25 bits per heavy atom. The van der Waals surface area contributed by atoms with Crippen LogP contribution >= 0.6 is 11.3 Å². The molecule has 3 rings (SSSR count). The van der Waals surface area contributed by atoms with Crippen molar-refractivity contribution in [3.8, 4) is 16.5 Å². The normalized spacial score (nSPS) is 10.9. The average Bonchev–Trinajstić information content (AvgIpc) is 3.29. The van der Waals surface area contributed by atoms with Crippen molar-refractivity contribution in [3.63, 3.8) is 0 Å². The van der Waals surface area contributed by atoms with Crippen molar-refractivity contribution >= 4 is 23.4 Å². The maximum atomic E-state index is 11.8. The Labute approximate surface area is 142 Å². The molecule has 3 aromatic rings. The predicted molar refractivity (Wildman–Crippen MR) is 89.4 cm³/mol. The fourth-order valence-corrected chi connectivity index (χ4v) is 2.56. The molecule has 2 aromatic heterocycles. The molecule has 0 aliphatic heterocycles. The van der Waals surface area contributed by atoms with Crippen molar-refractivity contribution in [2.75, 3.05) is 7.11 Å². The van der Waals surface area contributed by atoms with Gasteiger partial charge in [-0.05, 0) is 35.2 Å². The number of carbonyl (C=O) groups is 1. The molecule has 0 saturated heterocycles. The number of esters is 1. The second kappa shape index (κ2) is 7.56. The third kappa shape index (κ3) is 4.08. The first-order valence-corrected chi connectivity index (χ1v) is 7.98. The molecule has 0 amide bonds. The van der Waals surface area contributed by atoms with Crippen molar-refractivity contribution in [2.45, 2.75) is 6.61 Å². The molecule has 0 atom stereocenters. The Hall–Kier alpha value is -2.93. The standard InChI is InChI=1S/C17H14N2O4S/c1-21-13-5-2-4-12(10-13)7-8-16(20)22-11-15-18-17(19-23-15)14-6-3-9-24-14/h2-10H,11H2,1H3/b8-7+. The zero-order valence-corrected chi connectivity index (χ0v) is 13.7.